The molecule has 148 valence electrons. The molecule has 0 spiro atoms. The number of halogens is 3. The molecule has 0 aromatic heterocycles. The van der Waals surface area contributed by atoms with Gasteiger partial charge in [-0.1, -0.05) is 26.0 Å². The number of hydrogen-bond donors (Lipinski definition) is 2. The van der Waals surface area contributed by atoms with Gasteiger partial charge < -0.3 is 20.3 Å². The van der Waals surface area contributed by atoms with Crippen molar-refractivity contribution in [3.8, 4) is 5.75 Å². The second-order valence-corrected chi connectivity index (χ2v) is 5.70. The largest absolute Gasteiger partial charge is 0.484 e. The van der Waals surface area contributed by atoms with E-state index in [0.29, 0.717) is 6.54 Å². The summed E-state index contributed by atoms with van der Waals surface area (Å²) < 4.78 is 41.1. The van der Waals surface area contributed by atoms with Crippen LogP contribution in [-0.2, 0) is 6.54 Å². The quantitative estimate of drug-likeness (QED) is 0.488. The minimum Gasteiger partial charge on any atom is -0.484 e. The number of likely N-dealkylation sites (N-methyl/N-ethyl adjacent to an activating group) is 1. The molecule has 0 aliphatic heterocycles. The summed E-state index contributed by atoms with van der Waals surface area (Å²) >= 11 is 0. The minimum absolute atomic E-state index is 0.194. The molecular weight excluding hydrogens is 345 g/mol. The molecule has 0 atom stereocenters. The highest BCUT2D eigenvalue weighted by atomic mass is 19.4. The average molecular weight is 374 g/mol. The zero-order valence-electron chi connectivity index (χ0n) is 15.7. The average Bonchev–Trinajstić information content (AvgIpc) is 2.61. The summed E-state index contributed by atoms with van der Waals surface area (Å²) in [5.74, 6) is 0.913. The van der Waals surface area contributed by atoms with E-state index in [4.69, 9.17) is 4.74 Å². The maximum atomic E-state index is 12.1. The van der Waals surface area contributed by atoms with E-state index in [2.05, 4.69) is 34.4 Å². The number of nitrogens with one attached hydrogen (secondary N) is 2. The van der Waals surface area contributed by atoms with E-state index in [0.717, 1.165) is 44.2 Å². The number of nitrogens with zero attached hydrogens (tertiary/aromatic N) is 2. The van der Waals surface area contributed by atoms with E-state index >= 15 is 0 Å². The van der Waals surface area contributed by atoms with Crippen molar-refractivity contribution in [1.82, 2.24) is 15.5 Å². The first-order chi connectivity index (χ1) is 12.4. The van der Waals surface area contributed by atoms with Gasteiger partial charge in [0, 0.05) is 19.6 Å². The monoisotopic (exact) mass is 374 g/mol. The molecule has 5 nitrogen and oxygen atoms in total. The molecule has 26 heavy (non-hydrogen) atoms. The van der Waals surface area contributed by atoms with E-state index in [1.807, 2.05) is 6.92 Å². The molecule has 0 amide bonds. The van der Waals surface area contributed by atoms with Crippen LogP contribution >= 0.6 is 0 Å². The SMILES string of the molecule is CCNC(=NCc1ccc(OCC(F)(F)F)cc1)NCCN(CC)CC. The Morgan fingerprint density at radius 2 is 1.73 bits per heavy atom. The van der Waals surface area contributed by atoms with Crippen LogP contribution in [0.4, 0.5) is 13.2 Å². The standard InChI is InChI=1S/C18H29F3N4O/c1-4-22-17(23-11-12-25(5-2)6-3)24-13-15-7-9-16(10-8-15)26-14-18(19,20)21/h7-10H,4-6,11-14H2,1-3H3,(H2,22,23,24). The number of ether oxygens (including phenoxy) is 1. The van der Waals surface area contributed by atoms with Crippen molar-refractivity contribution >= 4 is 5.96 Å². The Morgan fingerprint density at radius 1 is 1.08 bits per heavy atom. The second kappa shape index (κ2) is 11.6. The van der Waals surface area contributed by atoms with Gasteiger partial charge in [0.25, 0.3) is 0 Å². The topological polar surface area (TPSA) is 48.9 Å². The van der Waals surface area contributed by atoms with Crippen molar-refractivity contribution < 1.29 is 17.9 Å². The molecule has 0 bridgehead atoms. The summed E-state index contributed by atoms with van der Waals surface area (Å²) in [5.41, 5.74) is 0.894. The third kappa shape index (κ3) is 9.50. The molecule has 0 heterocycles. The molecule has 1 rings (SSSR count). The first kappa shape index (κ1) is 22.1. The second-order valence-electron chi connectivity index (χ2n) is 5.70. The van der Waals surface area contributed by atoms with Crippen molar-refractivity contribution in [2.45, 2.75) is 33.5 Å². The van der Waals surface area contributed by atoms with Crippen molar-refractivity contribution in [3.05, 3.63) is 29.8 Å². The molecule has 0 fully saturated rings. The number of alkyl halides is 3. The first-order valence-electron chi connectivity index (χ1n) is 8.91. The fourth-order valence-corrected chi connectivity index (χ4v) is 2.24. The molecule has 0 aliphatic rings. The number of benzene rings is 1. The van der Waals surface area contributed by atoms with Gasteiger partial charge in [0.2, 0.25) is 0 Å². The molecule has 8 heteroatoms. The Labute approximate surface area is 153 Å². The third-order valence-corrected chi connectivity index (χ3v) is 3.70. The number of rotatable bonds is 10. The molecular formula is C18H29F3N4O. The van der Waals surface area contributed by atoms with Crippen LogP contribution in [0.2, 0.25) is 0 Å². The van der Waals surface area contributed by atoms with E-state index in [-0.39, 0.29) is 5.75 Å². The van der Waals surface area contributed by atoms with Crippen LogP contribution in [-0.4, -0.2) is 56.4 Å². The van der Waals surface area contributed by atoms with Crippen LogP contribution in [0.1, 0.15) is 26.3 Å². The molecule has 0 unspecified atom stereocenters. The van der Waals surface area contributed by atoms with Gasteiger partial charge in [0.05, 0.1) is 6.54 Å². The van der Waals surface area contributed by atoms with Crippen molar-refractivity contribution in [2.24, 2.45) is 4.99 Å². The lowest BCUT2D eigenvalue weighted by molar-refractivity contribution is -0.153. The van der Waals surface area contributed by atoms with Gasteiger partial charge in [0.15, 0.2) is 12.6 Å². The Bertz CT molecular complexity index is 528. The molecule has 0 aliphatic carbocycles. The lowest BCUT2D eigenvalue weighted by atomic mass is 10.2. The normalized spacial score (nSPS) is 12.3. The van der Waals surface area contributed by atoms with E-state index in [1.165, 1.54) is 12.1 Å². The van der Waals surface area contributed by atoms with Gasteiger partial charge in [-0.2, -0.15) is 13.2 Å². The van der Waals surface area contributed by atoms with Gasteiger partial charge >= 0.3 is 6.18 Å². The highest BCUT2D eigenvalue weighted by molar-refractivity contribution is 5.79. The molecule has 0 saturated carbocycles. The van der Waals surface area contributed by atoms with Gasteiger partial charge in [-0.05, 0) is 37.7 Å². The molecule has 0 radical (unpaired) electrons. The van der Waals surface area contributed by atoms with Crippen molar-refractivity contribution in [2.75, 3.05) is 39.3 Å². The first-order valence-corrected chi connectivity index (χ1v) is 8.91. The predicted molar refractivity (Wildman–Crippen MR) is 98.6 cm³/mol. The van der Waals surface area contributed by atoms with Gasteiger partial charge in [-0.15, -0.1) is 0 Å². The van der Waals surface area contributed by atoms with Crippen LogP contribution in [0.3, 0.4) is 0 Å². The van der Waals surface area contributed by atoms with Gasteiger partial charge in [-0.25, -0.2) is 4.99 Å². The highest BCUT2D eigenvalue weighted by Gasteiger charge is 2.28. The molecule has 1 aromatic rings. The predicted octanol–water partition coefficient (Wildman–Crippen LogP) is 3.02. The number of hydrogen-bond acceptors (Lipinski definition) is 3. The maximum absolute atomic E-state index is 12.1. The van der Waals surface area contributed by atoms with Crippen LogP contribution < -0.4 is 15.4 Å². The van der Waals surface area contributed by atoms with Crippen LogP contribution in [0.15, 0.2) is 29.3 Å². The summed E-state index contributed by atoms with van der Waals surface area (Å²) in [6, 6.07) is 6.48. The van der Waals surface area contributed by atoms with Crippen molar-refractivity contribution in [3.63, 3.8) is 0 Å². The smallest absolute Gasteiger partial charge is 0.422 e. The summed E-state index contributed by atoms with van der Waals surface area (Å²) in [4.78, 5) is 6.82. The molecule has 1 aromatic carbocycles. The zero-order valence-corrected chi connectivity index (χ0v) is 15.7. The Kier molecular flexibility index (Phi) is 9.87. The van der Waals surface area contributed by atoms with Crippen LogP contribution in [0.5, 0.6) is 5.75 Å². The summed E-state index contributed by atoms with van der Waals surface area (Å²) in [5, 5.41) is 6.47. The van der Waals surface area contributed by atoms with Crippen LogP contribution in [0, 0.1) is 0 Å². The summed E-state index contributed by atoms with van der Waals surface area (Å²) in [7, 11) is 0. The van der Waals surface area contributed by atoms with E-state index < -0.39 is 12.8 Å². The Balaban J connectivity index is 2.52. The maximum Gasteiger partial charge on any atom is 0.422 e. The Morgan fingerprint density at radius 3 is 2.27 bits per heavy atom. The minimum atomic E-state index is -4.33. The lowest BCUT2D eigenvalue weighted by Gasteiger charge is -2.19. The number of guanidine groups is 1. The van der Waals surface area contributed by atoms with Gasteiger partial charge in [-0.3, -0.25) is 0 Å². The van der Waals surface area contributed by atoms with E-state index in [9.17, 15) is 13.2 Å². The highest BCUT2D eigenvalue weighted by Crippen LogP contribution is 2.19. The molecule has 0 saturated heterocycles. The zero-order chi connectivity index (χ0) is 19.4. The Hall–Kier alpha value is -1.96. The molecule has 2 N–H and O–H groups in total. The lowest BCUT2D eigenvalue weighted by Crippen LogP contribution is -2.41. The summed E-state index contributed by atoms with van der Waals surface area (Å²) in [6.07, 6.45) is -4.33. The third-order valence-electron chi connectivity index (χ3n) is 3.70. The van der Waals surface area contributed by atoms with Crippen LogP contribution in [0.25, 0.3) is 0 Å². The fraction of sp³-hybridized carbons (Fsp3) is 0.611. The fourth-order valence-electron chi connectivity index (χ4n) is 2.24. The van der Waals surface area contributed by atoms with Crippen molar-refractivity contribution in [1.29, 1.82) is 0 Å². The van der Waals surface area contributed by atoms with E-state index in [1.54, 1.807) is 12.1 Å². The summed E-state index contributed by atoms with van der Waals surface area (Å²) in [6.45, 7) is 9.89. The van der Waals surface area contributed by atoms with Gasteiger partial charge in [0.1, 0.15) is 5.75 Å². The number of aliphatic imine (C=N–C) groups is 1.